The fourth-order valence-corrected chi connectivity index (χ4v) is 3.82. The number of aromatic hydroxyl groups is 1. The number of aryl methyl sites for hydroxylation is 2. The van der Waals surface area contributed by atoms with E-state index < -0.39 is 0 Å². The summed E-state index contributed by atoms with van der Waals surface area (Å²) in [7, 11) is 0. The molecule has 0 heterocycles. The van der Waals surface area contributed by atoms with Gasteiger partial charge in [0.2, 0.25) is 0 Å². The molecule has 3 heteroatoms. The second-order valence-electron chi connectivity index (χ2n) is 7.23. The third kappa shape index (κ3) is 4.30. The molecule has 146 valence electrons. The van der Waals surface area contributed by atoms with Crippen molar-refractivity contribution in [1.29, 1.82) is 0 Å². The number of phenols is 1. The molecule has 0 saturated carbocycles. The molecule has 0 radical (unpaired) electrons. The first-order valence-corrected chi connectivity index (χ1v) is 10.0. The van der Waals surface area contributed by atoms with Crippen molar-refractivity contribution in [3.05, 3.63) is 88.5 Å². The first-order chi connectivity index (χ1) is 13.5. The Kier molecular flexibility index (Phi) is 6.25. The predicted molar refractivity (Wildman–Crippen MR) is 120 cm³/mol. The van der Waals surface area contributed by atoms with E-state index >= 15 is 0 Å². The average molecular weight is 375 g/mol. The number of nitrogens with one attached hydrogen (secondary N) is 2. The van der Waals surface area contributed by atoms with Gasteiger partial charge in [0.1, 0.15) is 5.75 Å². The summed E-state index contributed by atoms with van der Waals surface area (Å²) in [6.45, 7) is 10.4. The maximum absolute atomic E-state index is 9.76. The molecule has 0 spiro atoms. The molecule has 0 fully saturated rings. The van der Waals surface area contributed by atoms with Gasteiger partial charge in [-0.2, -0.15) is 0 Å². The van der Waals surface area contributed by atoms with E-state index in [1.807, 2.05) is 12.1 Å². The summed E-state index contributed by atoms with van der Waals surface area (Å²) in [5.41, 5.74) is 8.55. The third-order valence-corrected chi connectivity index (χ3v) is 5.15. The van der Waals surface area contributed by atoms with Gasteiger partial charge in [-0.25, -0.2) is 0 Å². The zero-order valence-electron chi connectivity index (χ0n) is 17.2. The Morgan fingerprint density at radius 2 is 1.18 bits per heavy atom. The number of rotatable bonds is 7. The molecule has 0 aromatic heterocycles. The summed E-state index contributed by atoms with van der Waals surface area (Å²) in [5.74, 6) is 0.410. The van der Waals surface area contributed by atoms with Gasteiger partial charge in [-0.3, -0.25) is 0 Å². The highest BCUT2D eigenvalue weighted by Gasteiger charge is 2.21. The van der Waals surface area contributed by atoms with Crippen molar-refractivity contribution in [3.8, 4) is 5.75 Å². The van der Waals surface area contributed by atoms with E-state index in [9.17, 15) is 5.11 Å². The largest absolute Gasteiger partial charge is 0.508 e. The van der Waals surface area contributed by atoms with Crippen LogP contribution < -0.4 is 10.6 Å². The van der Waals surface area contributed by atoms with Gasteiger partial charge in [-0.15, -0.1) is 0 Å². The van der Waals surface area contributed by atoms with Gasteiger partial charge in [-0.05, 0) is 91.9 Å². The molecular weight excluding hydrogens is 344 g/mol. The summed E-state index contributed by atoms with van der Waals surface area (Å²) in [6.07, 6.45) is 0. The number of anilines is 2. The number of phenolic OH excluding ortho intramolecular Hbond substituents is 1. The van der Waals surface area contributed by atoms with Crippen molar-refractivity contribution in [2.75, 3.05) is 23.7 Å². The van der Waals surface area contributed by atoms with E-state index in [1.165, 1.54) is 27.8 Å². The van der Waals surface area contributed by atoms with Crippen LogP contribution >= 0.6 is 0 Å². The fourth-order valence-electron chi connectivity index (χ4n) is 3.82. The first-order valence-electron chi connectivity index (χ1n) is 10.0. The summed E-state index contributed by atoms with van der Waals surface area (Å²) in [4.78, 5) is 0. The second kappa shape index (κ2) is 8.83. The highest BCUT2D eigenvalue weighted by Crippen LogP contribution is 2.37. The normalized spacial score (nSPS) is 10.9. The van der Waals surface area contributed by atoms with Gasteiger partial charge in [0, 0.05) is 30.4 Å². The Hall–Kier alpha value is -2.94. The summed E-state index contributed by atoms with van der Waals surface area (Å²) < 4.78 is 0. The van der Waals surface area contributed by atoms with E-state index in [4.69, 9.17) is 0 Å². The molecule has 3 nitrogen and oxygen atoms in total. The number of hydrogen-bond acceptors (Lipinski definition) is 3. The summed E-state index contributed by atoms with van der Waals surface area (Å²) >= 11 is 0. The van der Waals surface area contributed by atoms with Crippen molar-refractivity contribution in [1.82, 2.24) is 0 Å². The Bertz CT molecular complexity index is 876. The molecule has 0 unspecified atom stereocenters. The van der Waals surface area contributed by atoms with Gasteiger partial charge < -0.3 is 15.7 Å². The van der Waals surface area contributed by atoms with E-state index in [0.717, 1.165) is 24.5 Å². The monoisotopic (exact) mass is 374 g/mol. The highest BCUT2D eigenvalue weighted by molar-refractivity contribution is 5.57. The topological polar surface area (TPSA) is 44.3 Å². The van der Waals surface area contributed by atoms with Crippen LogP contribution in [0.15, 0.2) is 60.7 Å². The predicted octanol–water partition coefficient (Wildman–Crippen LogP) is 6.05. The zero-order valence-corrected chi connectivity index (χ0v) is 17.2. The van der Waals surface area contributed by atoms with Crippen LogP contribution in [0.1, 0.15) is 47.6 Å². The van der Waals surface area contributed by atoms with Crippen LogP contribution in [-0.2, 0) is 0 Å². The minimum absolute atomic E-state index is 0.118. The minimum atomic E-state index is 0.118. The van der Waals surface area contributed by atoms with Crippen molar-refractivity contribution in [2.45, 2.75) is 33.6 Å². The Morgan fingerprint density at radius 1 is 0.714 bits per heavy atom. The van der Waals surface area contributed by atoms with Crippen LogP contribution in [-0.4, -0.2) is 18.2 Å². The van der Waals surface area contributed by atoms with Crippen molar-refractivity contribution in [3.63, 3.8) is 0 Å². The molecule has 0 atom stereocenters. The van der Waals surface area contributed by atoms with Crippen molar-refractivity contribution < 1.29 is 5.11 Å². The fraction of sp³-hybridized carbons (Fsp3) is 0.280. The molecular formula is C25H30N2O. The van der Waals surface area contributed by atoms with Gasteiger partial charge in [-0.1, -0.05) is 24.3 Å². The molecule has 3 aromatic carbocycles. The lowest BCUT2D eigenvalue weighted by molar-refractivity contribution is 0.475. The van der Waals surface area contributed by atoms with Crippen LogP contribution in [0, 0.1) is 13.8 Å². The summed E-state index contributed by atoms with van der Waals surface area (Å²) in [6, 6.07) is 20.8. The van der Waals surface area contributed by atoms with Crippen LogP contribution in [0.3, 0.4) is 0 Å². The molecule has 0 amide bonds. The highest BCUT2D eigenvalue weighted by atomic mass is 16.3. The van der Waals surface area contributed by atoms with Gasteiger partial charge >= 0.3 is 0 Å². The lowest BCUT2D eigenvalue weighted by atomic mass is 9.81. The molecule has 3 aromatic rings. The van der Waals surface area contributed by atoms with Crippen LogP contribution in [0.5, 0.6) is 5.75 Å². The molecule has 3 N–H and O–H groups in total. The molecule has 0 aliphatic carbocycles. The SMILES string of the molecule is CCNc1ccc(C(c2ccc(O)cc2)c2ccc(NCC)cc2C)c(C)c1. The molecule has 0 bridgehead atoms. The van der Waals surface area contributed by atoms with Gasteiger partial charge in [0.15, 0.2) is 0 Å². The second-order valence-corrected chi connectivity index (χ2v) is 7.23. The van der Waals surface area contributed by atoms with Crippen molar-refractivity contribution in [2.24, 2.45) is 0 Å². The lowest BCUT2D eigenvalue weighted by Gasteiger charge is -2.24. The van der Waals surface area contributed by atoms with E-state index in [2.05, 4.69) is 74.7 Å². The van der Waals surface area contributed by atoms with Crippen molar-refractivity contribution >= 4 is 11.4 Å². The van der Waals surface area contributed by atoms with Crippen LogP contribution in [0.2, 0.25) is 0 Å². The van der Waals surface area contributed by atoms with Gasteiger partial charge in [0.05, 0.1) is 0 Å². The maximum Gasteiger partial charge on any atom is 0.115 e. The molecule has 0 aliphatic heterocycles. The standard InChI is InChI=1S/C25H30N2O/c1-5-26-20-9-13-23(17(3)15-20)25(19-7-11-22(28)12-8-19)24-14-10-21(27-6-2)16-18(24)4/h7-16,25-28H,5-6H2,1-4H3. The van der Waals surface area contributed by atoms with E-state index in [1.54, 1.807) is 12.1 Å². The lowest BCUT2D eigenvalue weighted by Crippen LogP contribution is -2.08. The van der Waals surface area contributed by atoms with Crippen LogP contribution in [0.4, 0.5) is 11.4 Å². The quantitative estimate of drug-likeness (QED) is 0.441. The summed E-state index contributed by atoms with van der Waals surface area (Å²) in [5, 5.41) is 16.5. The first kappa shape index (κ1) is 19.8. The number of benzene rings is 3. The zero-order chi connectivity index (χ0) is 20.1. The molecule has 28 heavy (non-hydrogen) atoms. The minimum Gasteiger partial charge on any atom is -0.508 e. The van der Waals surface area contributed by atoms with E-state index in [0.29, 0.717) is 5.75 Å². The third-order valence-electron chi connectivity index (χ3n) is 5.15. The van der Waals surface area contributed by atoms with Crippen LogP contribution in [0.25, 0.3) is 0 Å². The smallest absolute Gasteiger partial charge is 0.115 e. The Balaban J connectivity index is 2.12. The van der Waals surface area contributed by atoms with E-state index in [-0.39, 0.29) is 5.92 Å². The maximum atomic E-state index is 9.76. The Morgan fingerprint density at radius 3 is 1.57 bits per heavy atom. The Labute approximate surface area is 168 Å². The van der Waals surface area contributed by atoms with Gasteiger partial charge in [0.25, 0.3) is 0 Å². The average Bonchev–Trinajstić information content (AvgIpc) is 2.67. The molecule has 0 aliphatic rings. The molecule has 0 saturated heterocycles. The number of hydrogen-bond donors (Lipinski definition) is 3. The molecule has 3 rings (SSSR count).